The second-order valence-corrected chi connectivity index (χ2v) is 7.05. The van der Waals surface area contributed by atoms with E-state index in [1.54, 1.807) is 0 Å². The molecule has 0 radical (unpaired) electrons. The second kappa shape index (κ2) is 10.4. The Hall–Kier alpha value is -3.26. The summed E-state index contributed by atoms with van der Waals surface area (Å²) in [6.07, 6.45) is -7.70. The van der Waals surface area contributed by atoms with Crippen molar-refractivity contribution in [1.82, 2.24) is 10.3 Å². The summed E-state index contributed by atoms with van der Waals surface area (Å²) in [6.45, 7) is -1.76. The highest BCUT2D eigenvalue weighted by Gasteiger charge is 2.41. The molecule has 0 unspecified atom stereocenters. The number of rotatable bonds is 9. The molecule has 0 aromatic carbocycles. The van der Waals surface area contributed by atoms with Gasteiger partial charge in [0.1, 0.15) is 5.56 Å². The Morgan fingerprint density at radius 1 is 1.28 bits per heavy atom. The lowest BCUT2D eigenvalue weighted by Crippen LogP contribution is -2.40. The first-order valence-corrected chi connectivity index (χ1v) is 9.38. The lowest BCUT2D eigenvalue weighted by Gasteiger charge is -2.30. The Morgan fingerprint density at radius 2 is 1.91 bits per heavy atom. The van der Waals surface area contributed by atoms with E-state index in [1.807, 2.05) is 0 Å². The quantitative estimate of drug-likeness (QED) is 0.286. The third-order valence-corrected chi connectivity index (χ3v) is 4.71. The van der Waals surface area contributed by atoms with Crippen molar-refractivity contribution in [3.8, 4) is 5.88 Å². The topological polar surface area (TPSA) is 149 Å². The third-order valence-electron chi connectivity index (χ3n) is 4.71. The van der Waals surface area contributed by atoms with Crippen LogP contribution in [0, 0.1) is 16.0 Å². The van der Waals surface area contributed by atoms with Crippen LogP contribution in [-0.4, -0.2) is 53.5 Å². The van der Waals surface area contributed by atoms with Gasteiger partial charge in [0.15, 0.2) is 6.61 Å². The van der Waals surface area contributed by atoms with Crippen molar-refractivity contribution in [3.05, 3.63) is 21.7 Å². The van der Waals surface area contributed by atoms with Gasteiger partial charge in [0, 0.05) is 12.1 Å². The monoisotopic (exact) mass is 469 g/mol. The van der Waals surface area contributed by atoms with E-state index in [-0.39, 0.29) is 25.7 Å². The summed E-state index contributed by atoms with van der Waals surface area (Å²) in [6, 6.07) is 0.0594. The van der Waals surface area contributed by atoms with Gasteiger partial charge < -0.3 is 21.1 Å². The number of primary amides is 1. The van der Waals surface area contributed by atoms with E-state index < -0.39 is 77.4 Å². The lowest BCUT2D eigenvalue weighted by atomic mass is 9.85. The fourth-order valence-electron chi connectivity index (χ4n) is 3.17. The van der Waals surface area contributed by atoms with E-state index in [0.717, 1.165) is 0 Å². The first kappa shape index (κ1) is 25.0. The van der Waals surface area contributed by atoms with E-state index in [4.69, 9.17) is 10.5 Å². The van der Waals surface area contributed by atoms with E-state index >= 15 is 0 Å². The van der Waals surface area contributed by atoms with Crippen LogP contribution in [-0.2, 0) is 4.79 Å². The van der Waals surface area contributed by atoms with E-state index in [2.05, 4.69) is 15.6 Å². The minimum Gasteiger partial charge on any atom is -0.471 e. The van der Waals surface area contributed by atoms with Crippen LogP contribution in [0.25, 0.3) is 0 Å². The molecule has 1 aromatic rings. The molecule has 2 amide bonds. The number of alkyl halides is 5. The molecule has 0 saturated heterocycles. The molecule has 0 bridgehead atoms. The number of pyridine rings is 1. The van der Waals surface area contributed by atoms with Crippen molar-refractivity contribution in [2.24, 2.45) is 11.7 Å². The van der Waals surface area contributed by atoms with Gasteiger partial charge in [-0.25, -0.2) is 8.78 Å². The molecule has 0 spiro atoms. The predicted octanol–water partition coefficient (Wildman–Crippen LogP) is 2.38. The minimum atomic E-state index is -4.34. The number of nitrogens with one attached hydrogen (secondary N) is 2. The third kappa shape index (κ3) is 6.88. The van der Waals surface area contributed by atoms with E-state index in [0.29, 0.717) is 6.07 Å². The number of amides is 2. The van der Waals surface area contributed by atoms with Crippen LogP contribution in [0.3, 0.4) is 0 Å². The first-order chi connectivity index (χ1) is 14.9. The van der Waals surface area contributed by atoms with Gasteiger partial charge in [-0.05, 0) is 25.7 Å². The Balaban J connectivity index is 2.26. The van der Waals surface area contributed by atoms with Crippen molar-refractivity contribution in [1.29, 1.82) is 0 Å². The Labute approximate surface area is 177 Å². The fourth-order valence-corrected chi connectivity index (χ4v) is 3.17. The van der Waals surface area contributed by atoms with Crippen LogP contribution in [0.4, 0.5) is 33.5 Å². The van der Waals surface area contributed by atoms with Crippen LogP contribution in [0.15, 0.2) is 6.07 Å². The Bertz CT molecular complexity index is 859. The number of nitrogens with two attached hydrogens (primary N) is 1. The maximum Gasteiger partial charge on any atom is 0.391 e. The maximum atomic E-state index is 12.8. The largest absolute Gasteiger partial charge is 0.471 e. The maximum absolute atomic E-state index is 12.8. The molecule has 1 aliphatic carbocycles. The van der Waals surface area contributed by atoms with Crippen molar-refractivity contribution < 1.29 is 41.2 Å². The van der Waals surface area contributed by atoms with Crippen molar-refractivity contribution in [3.63, 3.8) is 0 Å². The minimum absolute atomic E-state index is 0.0108. The average molecular weight is 469 g/mol. The molecule has 32 heavy (non-hydrogen) atoms. The van der Waals surface area contributed by atoms with Gasteiger partial charge in [-0.2, -0.15) is 18.2 Å². The zero-order valence-corrected chi connectivity index (χ0v) is 16.5. The van der Waals surface area contributed by atoms with Gasteiger partial charge in [-0.3, -0.25) is 19.7 Å². The van der Waals surface area contributed by atoms with E-state index in [9.17, 15) is 41.7 Å². The summed E-state index contributed by atoms with van der Waals surface area (Å²) in [5.41, 5.74) is 3.64. The summed E-state index contributed by atoms with van der Waals surface area (Å²) in [5.74, 6) is -4.59. The number of hydrogen-bond donors (Lipinski definition) is 3. The van der Waals surface area contributed by atoms with Crippen molar-refractivity contribution in [2.75, 3.05) is 18.5 Å². The van der Waals surface area contributed by atoms with Crippen LogP contribution >= 0.6 is 0 Å². The standard InChI is InChI=1S/C17H20F5N5O5/c18-12(19)7-32-16-10(5-11(27(30)31)14(26-16)24-6-13(23)28)15(29)25-9-3-1-8(2-4-9)17(20,21)22/h5,8-9,12H,1-4,6-7H2,(H2,23,28)(H,24,26)(H,25,29). The molecular formula is C17H20F5N5O5. The molecular weight excluding hydrogens is 449 g/mol. The van der Waals surface area contributed by atoms with Gasteiger partial charge in [0.05, 0.1) is 17.4 Å². The molecule has 1 aliphatic rings. The van der Waals surface area contributed by atoms with Gasteiger partial charge in [0.2, 0.25) is 17.6 Å². The summed E-state index contributed by atoms with van der Waals surface area (Å²) in [4.78, 5) is 37.7. The molecule has 1 heterocycles. The molecule has 1 saturated carbocycles. The lowest BCUT2D eigenvalue weighted by molar-refractivity contribution is -0.384. The SMILES string of the molecule is NC(=O)CNc1nc(OCC(F)F)c(C(=O)NC2CCC(C(F)(F)F)CC2)cc1[N+](=O)[O-]. The Morgan fingerprint density at radius 3 is 2.41 bits per heavy atom. The summed E-state index contributed by atoms with van der Waals surface area (Å²) in [7, 11) is 0. The molecule has 1 fully saturated rings. The number of anilines is 1. The number of nitro groups is 1. The van der Waals surface area contributed by atoms with Crippen molar-refractivity contribution >= 4 is 23.3 Å². The van der Waals surface area contributed by atoms with Crippen LogP contribution in [0.5, 0.6) is 5.88 Å². The van der Waals surface area contributed by atoms with Gasteiger partial charge in [-0.15, -0.1) is 0 Å². The highest BCUT2D eigenvalue weighted by Crippen LogP contribution is 2.37. The number of aromatic nitrogens is 1. The average Bonchev–Trinajstić information content (AvgIpc) is 2.69. The van der Waals surface area contributed by atoms with Crippen LogP contribution in [0.2, 0.25) is 0 Å². The second-order valence-electron chi connectivity index (χ2n) is 7.05. The highest BCUT2D eigenvalue weighted by molar-refractivity contribution is 5.98. The Kier molecular flexibility index (Phi) is 8.10. The van der Waals surface area contributed by atoms with E-state index in [1.165, 1.54) is 0 Å². The molecule has 4 N–H and O–H groups in total. The zero-order chi connectivity index (χ0) is 24.1. The van der Waals surface area contributed by atoms with Gasteiger partial charge >= 0.3 is 11.9 Å². The van der Waals surface area contributed by atoms with Crippen LogP contribution < -0.4 is 21.1 Å². The fraction of sp³-hybridized carbons (Fsp3) is 0.588. The molecule has 178 valence electrons. The zero-order valence-electron chi connectivity index (χ0n) is 16.5. The summed E-state index contributed by atoms with van der Waals surface area (Å²) < 4.78 is 68.4. The van der Waals surface area contributed by atoms with Gasteiger partial charge in [0.25, 0.3) is 12.3 Å². The predicted molar refractivity (Wildman–Crippen MR) is 99.3 cm³/mol. The molecule has 10 nitrogen and oxygen atoms in total. The number of hydrogen-bond acceptors (Lipinski definition) is 7. The highest BCUT2D eigenvalue weighted by atomic mass is 19.4. The molecule has 0 aliphatic heterocycles. The normalized spacial score (nSPS) is 18.8. The first-order valence-electron chi connectivity index (χ1n) is 9.38. The number of nitrogens with zero attached hydrogens (tertiary/aromatic N) is 2. The van der Waals surface area contributed by atoms with Crippen LogP contribution in [0.1, 0.15) is 36.0 Å². The summed E-state index contributed by atoms with van der Waals surface area (Å²) in [5, 5.41) is 16.0. The molecule has 0 atom stereocenters. The number of carbonyl (C=O) groups is 2. The van der Waals surface area contributed by atoms with Gasteiger partial charge in [-0.1, -0.05) is 0 Å². The molecule has 1 aromatic heterocycles. The van der Waals surface area contributed by atoms with Crippen molar-refractivity contribution in [2.45, 2.75) is 44.3 Å². The number of carbonyl (C=O) groups excluding carboxylic acids is 2. The number of ether oxygens (including phenoxy) is 1. The molecule has 2 rings (SSSR count). The summed E-state index contributed by atoms with van der Waals surface area (Å²) >= 11 is 0. The molecule has 15 heteroatoms. The smallest absolute Gasteiger partial charge is 0.391 e. The number of halogens is 5.